The van der Waals surface area contributed by atoms with E-state index >= 15 is 0 Å². The molecule has 2 N–H and O–H groups in total. The quantitative estimate of drug-likeness (QED) is 0.814. The standard InChI is InChI=1S/C14H23NO3/c1-5-18-12-6-7-13(16)11(8-12)9-15(4)10-14(2,3)17/h6-8,16-17H,5,9-10H2,1-4H3. The molecular weight excluding hydrogens is 230 g/mol. The molecule has 0 heterocycles. The molecule has 0 amide bonds. The second-order valence-corrected chi connectivity index (χ2v) is 5.21. The monoisotopic (exact) mass is 253 g/mol. The Hall–Kier alpha value is -1.26. The summed E-state index contributed by atoms with van der Waals surface area (Å²) in [6.07, 6.45) is 0. The van der Waals surface area contributed by atoms with Crippen molar-refractivity contribution < 1.29 is 14.9 Å². The molecule has 4 heteroatoms. The third kappa shape index (κ3) is 4.94. The van der Waals surface area contributed by atoms with Crippen LogP contribution in [-0.2, 0) is 6.54 Å². The molecule has 0 spiro atoms. The number of benzene rings is 1. The summed E-state index contributed by atoms with van der Waals surface area (Å²) in [6.45, 7) is 7.15. The molecule has 0 unspecified atom stereocenters. The minimum atomic E-state index is -0.748. The minimum Gasteiger partial charge on any atom is -0.508 e. The van der Waals surface area contributed by atoms with Crippen molar-refractivity contribution >= 4 is 0 Å². The Morgan fingerprint density at radius 1 is 1.33 bits per heavy atom. The summed E-state index contributed by atoms with van der Waals surface area (Å²) < 4.78 is 5.40. The topological polar surface area (TPSA) is 52.9 Å². The zero-order valence-corrected chi connectivity index (χ0v) is 11.6. The summed E-state index contributed by atoms with van der Waals surface area (Å²) >= 11 is 0. The lowest BCUT2D eigenvalue weighted by atomic mass is 10.1. The van der Waals surface area contributed by atoms with Crippen molar-refractivity contribution in [3.63, 3.8) is 0 Å². The van der Waals surface area contributed by atoms with Gasteiger partial charge < -0.3 is 14.9 Å². The molecule has 1 rings (SSSR count). The highest BCUT2D eigenvalue weighted by Gasteiger charge is 2.16. The normalized spacial score (nSPS) is 11.9. The van der Waals surface area contributed by atoms with Gasteiger partial charge in [0.05, 0.1) is 12.2 Å². The van der Waals surface area contributed by atoms with Crippen LogP contribution in [-0.4, -0.2) is 40.9 Å². The number of phenolic OH excluding ortho intramolecular Hbond substituents is 1. The van der Waals surface area contributed by atoms with E-state index in [0.29, 0.717) is 19.7 Å². The van der Waals surface area contributed by atoms with Gasteiger partial charge in [-0.2, -0.15) is 0 Å². The van der Waals surface area contributed by atoms with Crippen LogP contribution >= 0.6 is 0 Å². The number of likely N-dealkylation sites (N-methyl/N-ethyl adjacent to an activating group) is 1. The molecule has 0 aliphatic carbocycles. The molecule has 18 heavy (non-hydrogen) atoms. The van der Waals surface area contributed by atoms with Gasteiger partial charge in [-0.05, 0) is 46.0 Å². The summed E-state index contributed by atoms with van der Waals surface area (Å²) in [6, 6.07) is 5.22. The second-order valence-electron chi connectivity index (χ2n) is 5.21. The minimum absolute atomic E-state index is 0.251. The molecule has 4 nitrogen and oxygen atoms in total. The Balaban J connectivity index is 2.73. The lowest BCUT2D eigenvalue weighted by Crippen LogP contribution is -2.35. The first-order valence-corrected chi connectivity index (χ1v) is 6.17. The molecule has 0 aromatic heterocycles. The van der Waals surface area contributed by atoms with Crippen molar-refractivity contribution in [3.8, 4) is 11.5 Å². The van der Waals surface area contributed by atoms with Gasteiger partial charge >= 0.3 is 0 Å². The average Bonchev–Trinajstić information content (AvgIpc) is 2.20. The van der Waals surface area contributed by atoms with E-state index in [9.17, 15) is 10.2 Å². The van der Waals surface area contributed by atoms with Gasteiger partial charge in [0.2, 0.25) is 0 Å². The van der Waals surface area contributed by atoms with Gasteiger partial charge in [0, 0.05) is 18.7 Å². The van der Waals surface area contributed by atoms with E-state index in [1.807, 2.05) is 24.9 Å². The first-order chi connectivity index (χ1) is 8.31. The number of rotatable bonds is 6. The Morgan fingerprint density at radius 3 is 2.56 bits per heavy atom. The van der Waals surface area contributed by atoms with Crippen LogP contribution in [0.1, 0.15) is 26.3 Å². The maximum Gasteiger partial charge on any atom is 0.120 e. The summed E-state index contributed by atoms with van der Waals surface area (Å²) in [5.74, 6) is 1.00. The molecule has 0 bridgehead atoms. The molecule has 1 aromatic rings. The zero-order valence-electron chi connectivity index (χ0n) is 11.6. The molecule has 0 atom stereocenters. The highest BCUT2D eigenvalue weighted by atomic mass is 16.5. The van der Waals surface area contributed by atoms with Crippen molar-refractivity contribution in [1.29, 1.82) is 0 Å². The van der Waals surface area contributed by atoms with Gasteiger partial charge in [0.15, 0.2) is 0 Å². The predicted octanol–water partition coefficient (Wildman–Crippen LogP) is 1.99. The van der Waals surface area contributed by atoms with E-state index in [2.05, 4.69) is 0 Å². The third-order valence-corrected chi connectivity index (χ3v) is 2.46. The second kappa shape index (κ2) is 6.07. The highest BCUT2D eigenvalue weighted by Crippen LogP contribution is 2.24. The van der Waals surface area contributed by atoms with Gasteiger partial charge in [-0.3, -0.25) is 4.90 Å². The van der Waals surface area contributed by atoms with Crippen LogP contribution < -0.4 is 4.74 Å². The summed E-state index contributed by atoms with van der Waals surface area (Å²) in [5, 5.41) is 19.6. The van der Waals surface area contributed by atoms with Crippen molar-refractivity contribution in [3.05, 3.63) is 23.8 Å². The van der Waals surface area contributed by atoms with Gasteiger partial charge in [-0.1, -0.05) is 0 Å². The maximum absolute atomic E-state index is 9.81. The molecule has 102 valence electrons. The van der Waals surface area contributed by atoms with Crippen LogP contribution in [0.4, 0.5) is 0 Å². The van der Waals surface area contributed by atoms with E-state index in [-0.39, 0.29) is 5.75 Å². The van der Waals surface area contributed by atoms with E-state index in [4.69, 9.17) is 4.74 Å². The van der Waals surface area contributed by atoms with Gasteiger partial charge in [0.1, 0.15) is 11.5 Å². The molecule has 0 aliphatic rings. The number of aliphatic hydroxyl groups is 1. The number of hydrogen-bond donors (Lipinski definition) is 2. The maximum atomic E-state index is 9.81. The fraction of sp³-hybridized carbons (Fsp3) is 0.571. The Kier molecular flexibility index (Phi) is 4.99. The number of phenols is 1. The van der Waals surface area contributed by atoms with Gasteiger partial charge in [0.25, 0.3) is 0 Å². The lowest BCUT2D eigenvalue weighted by molar-refractivity contribution is 0.0422. The van der Waals surface area contributed by atoms with Crippen molar-refractivity contribution in [2.24, 2.45) is 0 Å². The van der Waals surface area contributed by atoms with Crippen LogP contribution in [0.25, 0.3) is 0 Å². The lowest BCUT2D eigenvalue weighted by Gasteiger charge is -2.25. The van der Waals surface area contributed by atoms with E-state index in [0.717, 1.165) is 11.3 Å². The average molecular weight is 253 g/mol. The van der Waals surface area contributed by atoms with Crippen LogP contribution in [0.15, 0.2) is 18.2 Å². The molecule has 1 aromatic carbocycles. The Labute approximate surface area is 109 Å². The fourth-order valence-electron chi connectivity index (χ4n) is 1.95. The van der Waals surface area contributed by atoms with E-state index < -0.39 is 5.60 Å². The third-order valence-electron chi connectivity index (χ3n) is 2.46. The summed E-state index contributed by atoms with van der Waals surface area (Å²) in [5.41, 5.74) is 0.0507. The van der Waals surface area contributed by atoms with Crippen molar-refractivity contribution in [2.45, 2.75) is 32.9 Å². The van der Waals surface area contributed by atoms with Crippen molar-refractivity contribution in [1.82, 2.24) is 4.90 Å². The largest absolute Gasteiger partial charge is 0.508 e. The Morgan fingerprint density at radius 2 is 2.00 bits per heavy atom. The van der Waals surface area contributed by atoms with Crippen LogP contribution in [0, 0.1) is 0 Å². The van der Waals surface area contributed by atoms with Crippen LogP contribution in [0.2, 0.25) is 0 Å². The Bertz CT molecular complexity index is 385. The number of ether oxygens (including phenoxy) is 1. The van der Waals surface area contributed by atoms with E-state index in [1.54, 1.807) is 26.0 Å². The molecule has 0 saturated carbocycles. The molecule has 0 radical (unpaired) electrons. The number of aromatic hydroxyl groups is 1. The number of hydrogen-bond acceptors (Lipinski definition) is 4. The first-order valence-electron chi connectivity index (χ1n) is 6.17. The molecular formula is C14H23NO3. The zero-order chi connectivity index (χ0) is 13.8. The van der Waals surface area contributed by atoms with Crippen LogP contribution in [0.5, 0.6) is 11.5 Å². The highest BCUT2D eigenvalue weighted by molar-refractivity contribution is 5.39. The molecule has 0 fully saturated rings. The number of nitrogens with zero attached hydrogens (tertiary/aromatic N) is 1. The van der Waals surface area contributed by atoms with Crippen LogP contribution in [0.3, 0.4) is 0 Å². The van der Waals surface area contributed by atoms with Gasteiger partial charge in [-0.15, -0.1) is 0 Å². The molecule has 0 saturated heterocycles. The predicted molar refractivity (Wildman–Crippen MR) is 71.9 cm³/mol. The fourth-order valence-corrected chi connectivity index (χ4v) is 1.95. The summed E-state index contributed by atoms with van der Waals surface area (Å²) in [4.78, 5) is 1.96. The first kappa shape index (κ1) is 14.8. The molecule has 0 aliphatic heterocycles. The van der Waals surface area contributed by atoms with E-state index in [1.165, 1.54) is 0 Å². The smallest absolute Gasteiger partial charge is 0.120 e. The summed E-state index contributed by atoms with van der Waals surface area (Å²) in [7, 11) is 1.91. The van der Waals surface area contributed by atoms with Crippen molar-refractivity contribution in [2.75, 3.05) is 20.2 Å². The van der Waals surface area contributed by atoms with Gasteiger partial charge in [-0.25, -0.2) is 0 Å². The SMILES string of the molecule is CCOc1ccc(O)c(CN(C)CC(C)(C)O)c1.